The lowest BCUT2D eigenvalue weighted by molar-refractivity contribution is -0.515. The van der Waals surface area contributed by atoms with Gasteiger partial charge in [-0.3, -0.25) is 4.89 Å². The van der Waals surface area contributed by atoms with Gasteiger partial charge in [-0.25, -0.2) is 4.79 Å². The molecule has 0 spiro atoms. The quantitative estimate of drug-likeness (QED) is 0.548. The third-order valence-electron chi connectivity index (χ3n) is 2.31. The molecule has 1 atom stereocenters. The van der Waals surface area contributed by atoms with E-state index in [-0.39, 0.29) is 17.3 Å². The first-order valence-corrected chi connectivity index (χ1v) is 6.14. The SMILES string of the molecule is CCCC(C(=O)OOOC(C)(C)C)C(C)(C)C. The van der Waals surface area contributed by atoms with Gasteiger partial charge in [0, 0.05) is 0 Å². The average molecular weight is 246 g/mol. The lowest BCUT2D eigenvalue weighted by atomic mass is 9.78. The van der Waals surface area contributed by atoms with Crippen LogP contribution in [0.2, 0.25) is 0 Å². The van der Waals surface area contributed by atoms with Gasteiger partial charge < -0.3 is 0 Å². The minimum absolute atomic E-state index is 0.141. The number of rotatable bonds is 5. The normalized spacial score (nSPS) is 14.5. The summed E-state index contributed by atoms with van der Waals surface area (Å²) < 4.78 is 0. The molecule has 0 aliphatic carbocycles. The summed E-state index contributed by atoms with van der Waals surface area (Å²) in [5.74, 6) is -0.556. The summed E-state index contributed by atoms with van der Waals surface area (Å²) >= 11 is 0. The molecule has 4 heteroatoms. The molecule has 0 saturated carbocycles. The fourth-order valence-electron chi connectivity index (χ4n) is 1.40. The van der Waals surface area contributed by atoms with Gasteiger partial charge in [0.1, 0.15) is 0 Å². The second kappa shape index (κ2) is 6.36. The van der Waals surface area contributed by atoms with E-state index in [1.54, 1.807) is 0 Å². The highest BCUT2D eigenvalue weighted by atomic mass is 17.5. The van der Waals surface area contributed by atoms with E-state index in [2.05, 4.69) is 5.04 Å². The van der Waals surface area contributed by atoms with Crippen LogP contribution in [0.15, 0.2) is 0 Å². The zero-order valence-corrected chi connectivity index (χ0v) is 12.1. The Kier molecular flexibility index (Phi) is 6.13. The highest BCUT2D eigenvalue weighted by molar-refractivity contribution is 5.72. The molecule has 0 saturated heterocycles. The Morgan fingerprint density at radius 2 is 1.65 bits per heavy atom. The summed E-state index contributed by atoms with van der Waals surface area (Å²) in [6, 6.07) is 0. The number of hydrogen-bond acceptors (Lipinski definition) is 4. The van der Waals surface area contributed by atoms with Crippen LogP contribution in [0.25, 0.3) is 0 Å². The van der Waals surface area contributed by atoms with Crippen molar-refractivity contribution < 1.29 is 19.6 Å². The summed E-state index contributed by atoms with van der Waals surface area (Å²) in [7, 11) is 0. The molecule has 0 aromatic heterocycles. The largest absolute Gasteiger partial charge is 0.349 e. The molecular formula is C13H26O4. The molecule has 0 amide bonds. The van der Waals surface area contributed by atoms with Crippen molar-refractivity contribution in [1.82, 2.24) is 0 Å². The second-order valence-corrected chi connectivity index (χ2v) is 6.37. The van der Waals surface area contributed by atoms with Gasteiger partial charge in [-0.2, -0.15) is 4.89 Å². The minimum Gasteiger partial charge on any atom is -0.268 e. The van der Waals surface area contributed by atoms with Crippen molar-refractivity contribution in [1.29, 1.82) is 0 Å². The molecule has 0 aromatic rings. The van der Waals surface area contributed by atoms with Crippen LogP contribution >= 0.6 is 0 Å². The fourth-order valence-corrected chi connectivity index (χ4v) is 1.40. The zero-order chi connectivity index (χ0) is 13.7. The molecule has 0 aliphatic heterocycles. The molecule has 0 heterocycles. The van der Waals surface area contributed by atoms with Gasteiger partial charge in [-0.1, -0.05) is 34.1 Å². The van der Waals surface area contributed by atoms with Crippen LogP contribution in [-0.4, -0.2) is 11.6 Å². The van der Waals surface area contributed by atoms with E-state index in [0.717, 1.165) is 12.8 Å². The van der Waals surface area contributed by atoms with Crippen molar-refractivity contribution >= 4 is 5.97 Å². The fraction of sp³-hybridized carbons (Fsp3) is 0.923. The molecule has 0 bridgehead atoms. The first-order chi connectivity index (χ1) is 7.58. The van der Waals surface area contributed by atoms with E-state index < -0.39 is 5.60 Å². The second-order valence-electron chi connectivity index (χ2n) is 6.37. The van der Waals surface area contributed by atoms with E-state index in [4.69, 9.17) is 9.78 Å². The third-order valence-corrected chi connectivity index (χ3v) is 2.31. The van der Waals surface area contributed by atoms with Crippen LogP contribution in [0, 0.1) is 11.3 Å². The predicted octanol–water partition coefficient (Wildman–Crippen LogP) is 3.65. The molecule has 0 N–H and O–H groups in total. The van der Waals surface area contributed by atoms with Crippen molar-refractivity contribution in [3.05, 3.63) is 0 Å². The van der Waals surface area contributed by atoms with Crippen LogP contribution in [0.4, 0.5) is 0 Å². The highest BCUT2D eigenvalue weighted by Crippen LogP contribution is 2.31. The van der Waals surface area contributed by atoms with Crippen LogP contribution in [0.1, 0.15) is 61.3 Å². The maximum atomic E-state index is 11.8. The molecule has 0 fully saturated rings. The molecule has 0 rings (SSSR count). The molecule has 102 valence electrons. The predicted molar refractivity (Wildman–Crippen MR) is 65.9 cm³/mol. The van der Waals surface area contributed by atoms with Gasteiger partial charge >= 0.3 is 5.97 Å². The molecule has 0 radical (unpaired) electrons. The Bertz CT molecular complexity index is 235. The number of carbonyl (C=O) groups is 1. The van der Waals surface area contributed by atoms with Gasteiger partial charge in [0.05, 0.1) is 11.5 Å². The summed E-state index contributed by atoms with van der Waals surface area (Å²) in [4.78, 5) is 21.4. The summed E-state index contributed by atoms with van der Waals surface area (Å²) in [5.41, 5.74) is -0.638. The zero-order valence-electron chi connectivity index (χ0n) is 12.1. The number of hydrogen-bond donors (Lipinski definition) is 0. The smallest absolute Gasteiger partial charge is 0.268 e. The Morgan fingerprint density at radius 1 is 1.12 bits per heavy atom. The van der Waals surface area contributed by atoms with Crippen LogP contribution in [0.5, 0.6) is 0 Å². The van der Waals surface area contributed by atoms with Gasteiger partial charge in [0.15, 0.2) is 0 Å². The molecule has 4 nitrogen and oxygen atoms in total. The van der Waals surface area contributed by atoms with Gasteiger partial charge in [-0.15, -0.1) is 0 Å². The Morgan fingerprint density at radius 3 is 2.00 bits per heavy atom. The molecule has 1 unspecified atom stereocenters. The average Bonchev–Trinajstić information content (AvgIpc) is 2.09. The van der Waals surface area contributed by atoms with Crippen molar-refractivity contribution in [3.8, 4) is 0 Å². The minimum atomic E-state index is -0.498. The van der Waals surface area contributed by atoms with Gasteiger partial charge in [-0.05, 0) is 37.6 Å². The molecule has 0 aliphatic rings. The van der Waals surface area contributed by atoms with Crippen molar-refractivity contribution in [2.45, 2.75) is 66.9 Å². The molecular weight excluding hydrogens is 220 g/mol. The first kappa shape index (κ1) is 16.4. The van der Waals surface area contributed by atoms with Gasteiger partial charge in [0.2, 0.25) is 0 Å². The number of carbonyl (C=O) groups excluding carboxylic acids is 1. The lowest BCUT2D eigenvalue weighted by Gasteiger charge is -2.27. The standard InChI is InChI=1S/C13H26O4/c1-8-9-10(12(2,3)4)11(14)15-17-16-13(5,6)7/h10H,8-9H2,1-7H3. The summed E-state index contributed by atoms with van der Waals surface area (Å²) in [6.07, 6.45) is 1.71. The van der Waals surface area contributed by atoms with E-state index >= 15 is 0 Å². The van der Waals surface area contributed by atoms with E-state index in [9.17, 15) is 4.79 Å². The van der Waals surface area contributed by atoms with Gasteiger partial charge in [0.25, 0.3) is 0 Å². The molecule has 17 heavy (non-hydrogen) atoms. The maximum Gasteiger partial charge on any atom is 0.349 e. The van der Waals surface area contributed by atoms with Crippen molar-refractivity contribution in [2.75, 3.05) is 0 Å². The third kappa shape index (κ3) is 7.34. The summed E-state index contributed by atoms with van der Waals surface area (Å²) in [5, 5.41) is 4.53. The Balaban J connectivity index is 4.26. The summed E-state index contributed by atoms with van der Waals surface area (Å²) in [6.45, 7) is 13.5. The monoisotopic (exact) mass is 246 g/mol. The highest BCUT2D eigenvalue weighted by Gasteiger charge is 2.33. The van der Waals surface area contributed by atoms with Crippen LogP contribution in [-0.2, 0) is 19.6 Å². The van der Waals surface area contributed by atoms with Crippen molar-refractivity contribution in [2.24, 2.45) is 11.3 Å². The van der Waals surface area contributed by atoms with E-state index in [1.165, 1.54) is 0 Å². The molecule has 0 aromatic carbocycles. The topological polar surface area (TPSA) is 44.8 Å². The Labute approximate surface area is 104 Å². The van der Waals surface area contributed by atoms with Crippen molar-refractivity contribution in [3.63, 3.8) is 0 Å². The van der Waals surface area contributed by atoms with Crippen LogP contribution < -0.4 is 0 Å². The van der Waals surface area contributed by atoms with E-state index in [0.29, 0.717) is 0 Å². The first-order valence-electron chi connectivity index (χ1n) is 6.14. The lowest BCUT2D eigenvalue weighted by Crippen LogP contribution is -2.31. The van der Waals surface area contributed by atoms with Crippen LogP contribution in [0.3, 0.4) is 0 Å². The van der Waals surface area contributed by atoms with E-state index in [1.807, 2.05) is 48.5 Å². The Hall–Kier alpha value is -0.610. The maximum absolute atomic E-state index is 11.8.